The van der Waals surface area contributed by atoms with Crippen molar-refractivity contribution in [1.82, 2.24) is 0 Å². The molecule has 0 aromatic heterocycles. The zero-order chi connectivity index (χ0) is 23.1. The lowest BCUT2D eigenvalue weighted by Gasteiger charge is -2.21. The van der Waals surface area contributed by atoms with Gasteiger partial charge >= 0.3 is 5.97 Å². The molecule has 2 aromatic rings. The number of amidine groups is 1. The Balaban J connectivity index is 0.00000385. The SMILES string of the molecule is CCOC(=O)C(Nc1ccc(C(=N)N)cc1)c1cc(CC)cc(NC(=O)C2CCCC2)c1.Cl. The monoisotopic (exact) mass is 472 g/mol. The molecular weight excluding hydrogens is 440 g/mol. The Kier molecular flexibility index (Phi) is 9.73. The highest BCUT2D eigenvalue weighted by atomic mass is 35.5. The number of esters is 1. The van der Waals surface area contributed by atoms with Crippen molar-refractivity contribution in [3.63, 3.8) is 0 Å². The summed E-state index contributed by atoms with van der Waals surface area (Å²) < 4.78 is 5.33. The van der Waals surface area contributed by atoms with Gasteiger partial charge in [-0.1, -0.05) is 25.8 Å². The van der Waals surface area contributed by atoms with Crippen LogP contribution in [0.3, 0.4) is 0 Å². The van der Waals surface area contributed by atoms with Gasteiger partial charge in [0.05, 0.1) is 6.61 Å². The average Bonchev–Trinajstić information content (AvgIpc) is 3.33. The molecule has 33 heavy (non-hydrogen) atoms. The van der Waals surface area contributed by atoms with E-state index in [2.05, 4.69) is 10.6 Å². The zero-order valence-electron chi connectivity index (χ0n) is 19.1. The first-order chi connectivity index (χ1) is 15.4. The van der Waals surface area contributed by atoms with Crippen molar-refractivity contribution in [3.8, 4) is 0 Å². The smallest absolute Gasteiger partial charge is 0.333 e. The molecule has 178 valence electrons. The Morgan fingerprint density at radius 3 is 2.33 bits per heavy atom. The second-order valence-electron chi connectivity index (χ2n) is 8.11. The Morgan fingerprint density at radius 2 is 1.76 bits per heavy atom. The summed E-state index contributed by atoms with van der Waals surface area (Å²) in [6.45, 7) is 4.07. The highest BCUT2D eigenvalue weighted by Crippen LogP contribution is 2.29. The summed E-state index contributed by atoms with van der Waals surface area (Å²) in [4.78, 5) is 25.5. The van der Waals surface area contributed by atoms with Gasteiger partial charge in [-0.3, -0.25) is 10.2 Å². The zero-order valence-corrected chi connectivity index (χ0v) is 20.0. The van der Waals surface area contributed by atoms with E-state index in [1.165, 1.54) is 0 Å². The van der Waals surface area contributed by atoms with Crippen molar-refractivity contribution in [1.29, 1.82) is 5.41 Å². The van der Waals surface area contributed by atoms with E-state index < -0.39 is 12.0 Å². The number of carbonyl (C=O) groups is 2. The molecule has 0 aliphatic heterocycles. The minimum absolute atomic E-state index is 0. The fraction of sp³-hybridized carbons (Fsp3) is 0.400. The summed E-state index contributed by atoms with van der Waals surface area (Å²) in [5, 5.41) is 13.8. The first-order valence-corrected chi connectivity index (χ1v) is 11.2. The summed E-state index contributed by atoms with van der Waals surface area (Å²) in [6.07, 6.45) is 4.80. The van der Waals surface area contributed by atoms with Crippen molar-refractivity contribution in [2.24, 2.45) is 11.7 Å². The van der Waals surface area contributed by atoms with Crippen LogP contribution in [0.2, 0.25) is 0 Å². The third kappa shape index (κ3) is 6.96. The first kappa shape index (κ1) is 26.2. The van der Waals surface area contributed by atoms with Crippen molar-refractivity contribution in [2.45, 2.75) is 52.0 Å². The molecule has 1 amide bonds. The van der Waals surface area contributed by atoms with E-state index in [1.54, 1.807) is 31.2 Å². The fourth-order valence-corrected chi connectivity index (χ4v) is 4.01. The number of hydrogen-bond donors (Lipinski definition) is 4. The van der Waals surface area contributed by atoms with Crippen LogP contribution >= 0.6 is 12.4 Å². The van der Waals surface area contributed by atoms with Crippen LogP contribution in [0.1, 0.15) is 62.3 Å². The molecule has 3 rings (SSSR count). The Morgan fingerprint density at radius 1 is 1.09 bits per heavy atom. The van der Waals surface area contributed by atoms with Gasteiger partial charge in [0.2, 0.25) is 5.91 Å². The maximum atomic E-state index is 12.8. The van der Waals surface area contributed by atoms with Gasteiger partial charge < -0.3 is 21.1 Å². The number of rotatable bonds is 9. The summed E-state index contributed by atoms with van der Waals surface area (Å²) in [7, 11) is 0. The number of hydrogen-bond acceptors (Lipinski definition) is 5. The van der Waals surface area contributed by atoms with Gasteiger partial charge in [-0.25, -0.2) is 4.79 Å². The minimum Gasteiger partial charge on any atom is -0.464 e. The Labute approximate surface area is 201 Å². The normalized spacial score (nSPS) is 14.1. The lowest BCUT2D eigenvalue weighted by atomic mass is 10.00. The van der Waals surface area contributed by atoms with Crippen LogP contribution in [0.15, 0.2) is 42.5 Å². The number of amides is 1. The van der Waals surface area contributed by atoms with Gasteiger partial charge in [-0.15, -0.1) is 12.4 Å². The number of nitrogens with two attached hydrogens (primary N) is 1. The molecule has 8 heteroatoms. The topological polar surface area (TPSA) is 117 Å². The van der Waals surface area contributed by atoms with Crippen molar-refractivity contribution in [2.75, 3.05) is 17.2 Å². The van der Waals surface area contributed by atoms with Gasteiger partial charge in [0.25, 0.3) is 0 Å². The van der Waals surface area contributed by atoms with Gasteiger partial charge in [-0.2, -0.15) is 0 Å². The maximum absolute atomic E-state index is 12.8. The number of benzene rings is 2. The van der Waals surface area contributed by atoms with Crippen LogP contribution in [0.25, 0.3) is 0 Å². The van der Waals surface area contributed by atoms with Gasteiger partial charge in [0.1, 0.15) is 5.84 Å². The molecule has 1 fully saturated rings. The largest absolute Gasteiger partial charge is 0.464 e. The lowest BCUT2D eigenvalue weighted by molar-refractivity contribution is -0.144. The van der Waals surface area contributed by atoms with Crippen LogP contribution < -0.4 is 16.4 Å². The first-order valence-electron chi connectivity index (χ1n) is 11.2. The van der Waals surface area contributed by atoms with Crippen molar-refractivity contribution < 1.29 is 14.3 Å². The van der Waals surface area contributed by atoms with E-state index in [4.69, 9.17) is 15.9 Å². The summed E-state index contributed by atoms with van der Waals surface area (Å²) in [5.74, 6) is -0.314. The molecule has 0 bridgehead atoms. The van der Waals surface area contributed by atoms with Crippen LogP contribution in [-0.2, 0) is 20.7 Å². The van der Waals surface area contributed by atoms with Crippen molar-refractivity contribution >= 4 is 41.5 Å². The number of nitrogen functional groups attached to an aromatic ring is 1. The standard InChI is InChI=1S/C25H32N4O3.ClH/c1-3-16-13-19(15-21(14-16)29-24(30)18-7-5-6-8-18)22(25(31)32-4-2)28-20-11-9-17(10-12-20)23(26)27;/h9-15,18,22,28H,3-8H2,1-2H3,(H3,26,27)(H,29,30);1H. The summed E-state index contributed by atoms with van der Waals surface area (Å²) in [6, 6.07) is 12.0. The molecule has 0 heterocycles. The minimum atomic E-state index is -0.744. The van der Waals surface area contributed by atoms with Gasteiger partial charge in [-0.05, 0) is 73.7 Å². The molecule has 5 N–H and O–H groups in total. The number of carbonyl (C=O) groups excluding carboxylic acids is 2. The van der Waals surface area contributed by atoms with Crippen molar-refractivity contribution in [3.05, 3.63) is 59.2 Å². The summed E-state index contributed by atoms with van der Waals surface area (Å²) in [5.41, 5.74) is 9.27. The predicted molar refractivity (Wildman–Crippen MR) is 134 cm³/mol. The van der Waals surface area contributed by atoms with Crippen LogP contribution in [0.4, 0.5) is 11.4 Å². The fourth-order valence-electron chi connectivity index (χ4n) is 4.01. The molecule has 1 saturated carbocycles. The van der Waals surface area contributed by atoms with E-state index >= 15 is 0 Å². The molecule has 1 atom stereocenters. The van der Waals surface area contributed by atoms with Gasteiger partial charge in [0, 0.05) is 22.9 Å². The number of ether oxygens (including phenoxy) is 1. The third-order valence-electron chi connectivity index (χ3n) is 5.78. The van der Waals surface area contributed by atoms with E-state index in [0.29, 0.717) is 16.9 Å². The quantitative estimate of drug-likeness (QED) is 0.237. The average molecular weight is 473 g/mol. The van der Waals surface area contributed by atoms with E-state index in [-0.39, 0.29) is 36.7 Å². The summed E-state index contributed by atoms with van der Waals surface area (Å²) >= 11 is 0. The molecule has 1 aliphatic carbocycles. The highest BCUT2D eigenvalue weighted by molar-refractivity contribution is 5.95. The van der Waals surface area contributed by atoms with Gasteiger partial charge in [0.15, 0.2) is 6.04 Å². The number of anilines is 2. The second-order valence-corrected chi connectivity index (χ2v) is 8.11. The number of halogens is 1. The van der Waals surface area contributed by atoms with E-state index in [9.17, 15) is 9.59 Å². The molecule has 0 spiro atoms. The molecule has 7 nitrogen and oxygen atoms in total. The Bertz CT molecular complexity index is 972. The maximum Gasteiger partial charge on any atom is 0.333 e. The lowest BCUT2D eigenvalue weighted by Crippen LogP contribution is -2.24. The number of aryl methyl sites for hydroxylation is 1. The van der Waals surface area contributed by atoms with E-state index in [1.807, 2.05) is 25.1 Å². The number of nitrogens with one attached hydrogen (secondary N) is 3. The highest BCUT2D eigenvalue weighted by Gasteiger charge is 2.25. The van der Waals surface area contributed by atoms with Crippen LogP contribution in [0.5, 0.6) is 0 Å². The molecule has 1 unspecified atom stereocenters. The molecular formula is C25H33ClN4O3. The van der Waals surface area contributed by atoms with Crippen LogP contribution in [-0.4, -0.2) is 24.3 Å². The molecule has 0 radical (unpaired) electrons. The Hall–Kier alpha value is -3.06. The third-order valence-corrected chi connectivity index (χ3v) is 5.78. The predicted octanol–water partition coefficient (Wildman–Crippen LogP) is 4.80. The molecule has 0 saturated heterocycles. The molecule has 1 aliphatic rings. The molecule has 2 aromatic carbocycles. The van der Waals surface area contributed by atoms with E-state index in [0.717, 1.165) is 43.2 Å². The van der Waals surface area contributed by atoms with Crippen LogP contribution in [0, 0.1) is 11.3 Å². The second kappa shape index (κ2) is 12.3.